The van der Waals surface area contributed by atoms with Gasteiger partial charge in [-0.2, -0.15) is 0 Å². The fourth-order valence-corrected chi connectivity index (χ4v) is 2.94. The number of ketones is 2. The molecule has 2 aromatic carbocycles. The van der Waals surface area contributed by atoms with Crippen molar-refractivity contribution in [3.05, 3.63) is 67.8 Å². The molecule has 27 heavy (non-hydrogen) atoms. The Labute approximate surface area is 151 Å². The van der Waals surface area contributed by atoms with E-state index in [0.29, 0.717) is 0 Å². The van der Waals surface area contributed by atoms with Crippen molar-refractivity contribution < 1.29 is 24.5 Å². The van der Waals surface area contributed by atoms with E-state index in [-0.39, 0.29) is 28.2 Å². The molecule has 10 heteroatoms. The number of hydrogen-bond donors (Lipinski definition) is 1. The average molecular weight is 369 g/mol. The smallest absolute Gasteiger partial charge is 0.280 e. The summed E-state index contributed by atoms with van der Waals surface area (Å²) in [6.07, 6.45) is 0. The minimum Gasteiger partial charge on any atom is -0.505 e. The van der Waals surface area contributed by atoms with Crippen molar-refractivity contribution in [3.8, 4) is 5.75 Å². The van der Waals surface area contributed by atoms with E-state index in [1.807, 2.05) is 0 Å². The zero-order valence-corrected chi connectivity index (χ0v) is 13.8. The van der Waals surface area contributed by atoms with Crippen LogP contribution in [0.3, 0.4) is 0 Å². The molecule has 0 spiro atoms. The third kappa shape index (κ3) is 2.92. The van der Waals surface area contributed by atoms with Gasteiger partial charge in [0, 0.05) is 17.7 Å². The summed E-state index contributed by atoms with van der Waals surface area (Å²) in [5, 5.41) is 32.0. The third-order valence-electron chi connectivity index (χ3n) is 4.11. The SMILES string of the molecule is CC(=O)[C@H]1C(=O)c2c(cccc2[N+](=O)[O-])C1=Nc1ccc([N+](=O)[O-])cc1O. The van der Waals surface area contributed by atoms with Crippen LogP contribution in [0.15, 0.2) is 41.4 Å². The lowest BCUT2D eigenvalue weighted by Gasteiger charge is -2.07. The van der Waals surface area contributed by atoms with Gasteiger partial charge in [-0.3, -0.25) is 29.8 Å². The summed E-state index contributed by atoms with van der Waals surface area (Å²) in [4.78, 5) is 49.3. The second-order valence-corrected chi connectivity index (χ2v) is 5.79. The summed E-state index contributed by atoms with van der Waals surface area (Å²) >= 11 is 0. The number of Topliss-reactive ketones (excluding diaryl/α,β-unsaturated/α-hetero) is 2. The summed E-state index contributed by atoms with van der Waals surface area (Å²) in [7, 11) is 0. The number of rotatable bonds is 4. The van der Waals surface area contributed by atoms with Gasteiger partial charge in [-0.1, -0.05) is 12.1 Å². The van der Waals surface area contributed by atoms with E-state index in [0.717, 1.165) is 31.2 Å². The summed E-state index contributed by atoms with van der Waals surface area (Å²) < 4.78 is 0. The Balaban J connectivity index is 2.23. The Bertz CT molecular complexity index is 1060. The minimum atomic E-state index is -1.35. The van der Waals surface area contributed by atoms with E-state index in [9.17, 15) is 34.9 Å². The number of hydrogen-bond acceptors (Lipinski definition) is 8. The highest BCUT2D eigenvalue weighted by Crippen LogP contribution is 2.38. The number of nitro benzene ring substituents is 2. The zero-order chi connectivity index (χ0) is 19.9. The molecule has 0 saturated heterocycles. The molecule has 10 nitrogen and oxygen atoms in total. The average Bonchev–Trinajstić information content (AvgIpc) is 2.88. The predicted molar refractivity (Wildman–Crippen MR) is 92.6 cm³/mol. The van der Waals surface area contributed by atoms with Crippen molar-refractivity contribution in [1.29, 1.82) is 0 Å². The van der Waals surface area contributed by atoms with Crippen LogP contribution in [0.25, 0.3) is 0 Å². The van der Waals surface area contributed by atoms with E-state index in [2.05, 4.69) is 4.99 Å². The molecule has 3 rings (SSSR count). The van der Waals surface area contributed by atoms with Crippen LogP contribution in [-0.4, -0.2) is 32.2 Å². The predicted octanol–water partition coefficient (Wildman–Crippen LogP) is 2.73. The molecule has 1 atom stereocenters. The minimum absolute atomic E-state index is 0.0460. The number of carbonyl (C=O) groups excluding carboxylic acids is 2. The molecular formula is C17H11N3O7. The molecule has 1 aliphatic carbocycles. The first-order valence-electron chi connectivity index (χ1n) is 7.60. The number of nitrogens with zero attached hydrogens (tertiary/aromatic N) is 3. The van der Waals surface area contributed by atoms with E-state index in [1.165, 1.54) is 12.1 Å². The Morgan fingerprint density at radius 3 is 2.41 bits per heavy atom. The molecule has 0 unspecified atom stereocenters. The summed E-state index contributed by atoms with van der Waals surface area (Å²) in [6.45, 7) is 1.16. The lowest BCUT2D eigenvalue weighted by molar-refractivity contribution is -0.385. The van der Waals surface area contributed by atoms with Gasteiger partial charge in [-0.25, -0.2) is 4.99 Å². The van der Waals surface area contributed by atoms with Crippen molar-refractivity contribution in [3.63, 3.8) is 0 Å². The van der Waals surface area contributed by atoms with Crippen molar-refractivity contribution in [2.24, 2.45) is 10.9 Å². The lowest BCUT2D eigenvalue weighted by atomic mass is 9.98. The van der Waals surface area contributed by atoms with Gasteiger partial charge >= 0.3 is 0 Å². The Morgan fingerprint density at radius 2 is 1.85 bits per heavy atom. The number of benzene rings is 2. The fourth-order valence-electron chi connectivity index (χ4n) is 2.94. The van der Waals surface area contributed by atoms with Crippen molar-refractivity contribution in [2.45, 2.75) is 6.92 Å². The topological polar surface area (TPSA) is 153 Å². The van der Waals surface area contributed by atoms with E-state index in [4.69, 9.17) is 0 Å². The fraction of sp³-hybridized carbons (Fsp3) is 0.118. The second kappa shape index (κ2) is 6.41. The summed E-state index contributed by atoms with van der Waals surface area (Å²) in [5.74, 6) is -3.18. The van der Waals surface area contributed by atoms with Crippen LogP contribution in [0.4, 0.5) is 17.1 Å². The van der Waals surface area contributed by atoms with Crippen LogP contribution in [0, 0.1) is 26.1 Å². The number of nitro groups is 2. The maximum atomic E-state index is 12.6. The van der Waals surface area contributed by atoms with Gasteiger partial charge in [-0.05, 0) is 13.0 Å². The molecule has 2 aromatic rings. The van der Waals surface area contributed by atoms with Gasteiger partial charge in [0.15, 0.2) is 5.78 Å². The van der Waals surface area contributed by atoms with E-state index >= 15 is 0 Å². The van der Waals surface area contributed by atoms with Crippen molar-refractivity contribution >= 4 is 34.3 Å². The molecule has 136 valence electrons. The van der Waals surface area contributed by atoms with E-state index < -0.39 is 38.8 Å². The van der Waals surface area contributed by atoms with Crippen molar-refractivity contribution in [2.75, 3.05) is 0 Å². The highest BCUT2D eigenvalue weighted by Gasteiger charge is 2.44. The van der Waals surface area contributed by atoms with Crippen LogP contribution in [0.1, 0.15) is 22.8 Å². The highest BCUT2D eigenvalue weighted by atomic mass is 16.6. The number of fused-ring (bicyclic) bond motifs is 1. The van der Waals surface area contributed by atoms with Gasteiger partial charge in [-0.15, -0.1) is 0 Å². The quantitative estimate of drug-likeness (QED) is 0.494. The number of aliphatic imine (C=N–C) groups is 1. The monoisotopic (exact) mass is 369 g/mol. The number of carbonyl (C=O) groups is 2. The molecule has 0 aromatic heterocycles. The number of aromatic hydroxyl groups is 1. The Hall–Kier alpha value is -3.95. The molecule has 0 bridgehead atoms. The molecule has 0 fully saturated rings. The van der Waals surface area contributed by atoms with Crippen LogP contribution >= 0.6 is 0 Å². The normalized spacial score (nSPS) is 17.0. The van der Waals surface area contributed by atoms with Crippen LogP contribution in [-0.2, 0) is 4.79 Å². The summed E-state index contributed by atoms with van der Waals surface area (Å²) in [5.41, 5.74) is -1.06. The first kappa shape index (κ1) is 17.9. The standard InChI is InChI=1S/C17H11N3O7/c1-8(21)14-16(18-11-6-5-9(19(24)25)7-13(11)22)10-3-2-4-12(20(26)27)15(10)17(14)23/h2-7,14,22H,1H3/t14-/m1/s1. The largest absolute Gasteiger partial charge is 0.505 e. The third-order valence-corrected chi connectivity index (χ3v) is 4.11. The number of non-ortho nitro benzene ring substituents is 1. The maximum Gasteiger partial charge on any atom is 0.280 e. The molecule has 0 amide bonds. The number of phenolic OH excluding ortho intramolecular Hbond substituents is 1. The van der Waals surface area contributed by atoms with Gasteiger partial charge in [0.05, 0.1) is 21.6 Å². The molecule has 1 aliphatic rings. The molecule has 0 aliphatic heterocycles. The van der Waals surface area contributed by atoms with Crippen LogP contribution in [0.2, 0.25) is 0 Å². The molecule has 0 saturated carbocycles. The lowest BCUT2D eigenvalue weighted by Crippen LogP contribution is -2.23. The van der Waals surface area contributed by atoms with Gasteiger partial charge in [0.1, 0.15) is 28.7 Å². The summed E-state index contributed by atoms with van der Waals surface area (Å²) in [6, 6.07) is 7.08. The Kier molecular flexibility index (Phi) is 4.24. The van der Waals surface area contributed by atoms with Crippen molar-refractivity contribution in [1.82, 2.24) is 0 Å². The second-order valence-electron chi connectivity index (χ2n) is 5.79. The van der Waals surface area contributed by atoms with Gasteiger partial charge in [0.2, 0.25) is 0 Å². The van der Waals surface area contributed by atoms with Gasteiger partial charge in [0.25, 0.3) is 11.4 Å². The first-order valence-corrected chi connectivity index (χ1v) is 7.60. The first-order chi connectivity index (χ1) is 12.7. The Morgan fingerprint density at radius 1 is 1.15 bits per heavy atom. The van der Waals surface area contributed by atoms with E-state index in [1.54, 1.807) is 0 Å². The van der Waals surface area contributed by atoms with Crippen LogP contribution < -0.4 is 0 Å². The molecule has 0 radical (unpaired) electrons. The molecule has 0 heterocycles. The number of phenols is 1. The highest BCUT2D eigenvalue weighted by molar-refractivity contribution is 6.38. The van der Waals surface area contributed by atoms with Gasteiger partial charge < -0.3 is 5.11 Å². The van der Waals surface area contributed by atoms with Crippen LogP contribution in [0.5, 0.6) is 5.75 Å². The zero-order valence-electron chi connectivity index (χ0n) is 13.8. The maximum absolute atomic E-state index is 12.6. The molecular weight excluding hydrogens is 358 g/mol. The molecule has 1 N–H and O–H groups in total.